The molecule has 0 bridgehead atoms. The fourth-order valence-electron chi connectivity index (χ4n) is 2.90. The molecule has 1 saturated heterocycles. The minimum absolute atomic E-state index is 0.114. The van der Waals surface area contributed by atoms with Crippen LogP contribution in [0.5, 0.6) is 0 Å². The van der Waals surface area contributed by atoms with Crippen molar-refractivity contribution in [2.24, 2.45) is 0 Å². The first-order valence-corrected chi connectivity index (χ1v) is 9.29. The zero-order valence-corrected chi connectivity index (χ0v) is 15.8. The lowest BCUT2D eigenvalue weighted by molar-refractivity contribution is -0.131. The van der Waals surface area contributed by atoms with Crippen LogP contribution in [-0.4, -0.2) is 21.8 Å². The van der Waals surface area contributed by atoms with Crippen molar-refractivity contribution in [1.82, 2.24) is 15.2 Å². The lowest BCUT2D eigenvalue weighted by atomic mass is 9.82. The molecule has 3 amide bonds. The van der Waals surface area contributed by atoms with Crippen molar-refractivity contribution in [2.75, 3.05) is 0 Å². The van der Waals surface area contributed by atoms with E-state index in [0.717, 1.165) is 12.0 Å². The summed E-state index contributed by atoms with van der Waals surface area (Å²) in [6, 6.07) is 7.77. The third kappa shape index (κ3) is 3.06. The van der Waals surface area contributed by atoms with Gasteiger partial charge < -0.3 is 5.32 Å². The van der Waals surface area contributed by atoms with Crippen LogP contribution < -0.4 is 5.32 Å². The summed E-state index contributed by atoms with van der Waals surface area (Å²) in [7, 11) is 0. The van der Waals surface area contributed by atoms with Gasteiger partial charge in [0.1, 0.15) is 5.01 Å². The fourth-order valence-corrected chi connectivity index (χ4v) is 3.65. The number of benzene rings is 1. The van der Waals surface area contributed by atoms with Crippen LogP contribution in [0.15, 0.2) is 35.8 Å². The first kappa shape index (κ1) is 17.6. The second-order valence-electron chi connectivity index (χ2n) is 7.22. The molecule has 1 aliphatic heterocycles. The summed E-state index contributed by atoms with van der Waals surface area (Å²) in [4.78, 5) is 30.6. The molecule has 2 heterocycles. The van der Waals surface area contributed by atoms with E-state index in [-0.39, 0.29) is 23.9 Å². The number of nitrogens with one attached hydrogen (secondary N) is 1. The molecule has 132 valence electrons. The lowest BCUT2D eigenvalue weighted by Crippen LogP contribution is -2.40. The average molecular weight is 357 g/mol. The molecule has 1 unspecified atom stereocenters. The van der Waals surface area contributed by atoms with Gasteiger partial charge in [-0.15, -0.1) is 11.3 Å². The maximum absolute atomic E-state index is 12.8. The van der Waals surface area contributed by atoms with Gasteiger partial charge in [-0.25, -0.2) is 9.78 Å². The Morgan fingerprint density at radius 1 is 1.24 bits per heavy atom. The third-order valence-corrected chi connectivity index (χ3v) is 6.09. The zero-order chi connectivity index (χ0) is 18.2. The van der Waals surface area contributed by atoms with E-state index in [1.807, 2.05) is 12.1 Å². The molecule has 2 aromatic rings. The van der Waals surface area contributed by atoms with E-state index in [9.17, 15) is 9.59 Å². The number of nitrogens with zero attached hydrogens (tertiary/aromatic N) is 2. The molecule has 3 rings (SSSR count). The normalized spacial score (nSPS) is 20.9. The Bertz CT molecular complexity index is 784. The molecule has 0 spiro atoms. The van der Waals surface area contributed by atoms with Crippen LogP contribution in [0.25, 0.3) is 0 Å². The summed E-state index contributed by atoms with van der Waals surface area (Å²) >= 11 is 1.37. The number of thiazole rings is 1. The maximum Gasteiger partial charge on any atom is 0.325 e. The summed E-state index contributed by atoms with van der Waals surface area (Å²) in [6.07, 6.45) is 2.69. The van der Waals surface area contributed by atoms with Gasteiger partial charge in [-0.2, -0.15) is 0 Å². The summed E-state index contributed by atoms with van der Waals surface area (Å²) < 4.78 is 0. The Morgan fingerprint density at radius 3 is 2.48 bits per heavy atom. The molecule has 1 aromatic heterocycles. The van der Waals surface area contributed by atoms with Crippen molar-refractivity contribution in [2.45, 2.75) is 51.6 Å². The number of hydrogen-bond donors (Lipinski definition) is 1. The summed E-state index contributed by atoms with van der Waals surface area (Å²) in [6.45, 7) is 8.55. The molecule has 0 saturated carbocycles. The van der Waals surface area contributed by atoms with E-state index in [1.165, 1.54) is 21.8 Å². The summed E-state index contributed by atoms with van der Waals surface area (Å²) in [5.41, 5.74) is 1.23. The molecular formula is C19H23N3O2S. The van der Waals surface area contributed by atoms with Crippen molar-refractivity contribution in [3.63, 3.8) is 0 Å². The lowest BCUT2D eigenvalue weighted by Gasteiger charge is -2.24. The molecule has 1 atom stereocenters. The van der Waals surface area contributed by atoms with Gasteiger partial charge in [-0.05, 0) is 29.9 Å². The smallest absolute Gasteiger partial charge is 0.317 e. The predicted molar refractivity (Wildman–Crippen MR) is 98.3 cm³/mol. The zero-order valence-electron chi connectivity index (χ0n) is 15.0. The number of rotatable bonds is 5. The van der Waals surface area contributed by atoms with Gasteiger partial charge in [0.15, 0.2) is 5.54 Å². The van der Waals surface area contributed by atoms with Gasteiger partial charge >= 0.3 is 6.03 Å². The highest BCUT2D eigenvalue weighted by molar-refractivity contribution is 7.09. The summed E-state index contributed by atoms with van der Waals surface area (Å²) in [5.74, 6) is -0.259. The SMILES string of the molecule is CCC(C)(C)c1ccc(CN2C(=O)NC(C)(c3nccs3)C2=O)cc1. The first-order valence-electron chi connectivity index (χ1n) is 8.41. The highest BCUT2D eigenvalue weighted by atomic mass is 32.1. The molecule has 6 heteroatoms. The number of amides is 3. The van der Waals surface area contributed by atoms with Crippen molar-refractivity contribution in [3.8, 4) is 0 Å². The van der Waals surface area contributed by atoms with Gasteiger partial charge in [0.05, 0.1) is 6.54 Å². The van der Waals surface area contributed by atoms with Gasteiger partial charge in [-0.3, -0.25) is 9.69 Å². The van der Waals surface area contributed by atoms with E-state index in [2.05, 4.69) is 43.2 Å². The molecular weight excluding hydrogens is 334 g/mol. The molecule has 1 aliphatic rings. The van der Waals surface area contributed by atoms with Crippen molar-refractivity contribution >= 4 is 23.3 Å². The van der Waals surface area contributed by atoms with Crippen LogP contribution in [0.2, 0.25) is 0 Å². The topological polar surface area (TPSA) is 62.3 Å². The van der Waals surface area contributed by atoms with Crippen LogP contribution in [0.4, 0.5) is 4.79 Å². The van der Waals surface area contributed by atoms with Gasteiger partial charge in [0.25, 0.3) is 5.91 Å². The van der Waals surface area contributed by atoms with E-state index < -0.39 is 5.54 Å². The van der Waals surface area contributed by atoms with E-state index in [0.29, 0.717) is 5.01 Å². The molecule has 1 N–H and O–H groups in total. The van der Waals surface area contributed by atoms with E-state index in [4.69, 9.17) is 0 Å². The van der Waals surface area contributed by atoms with Crippen molar-refractivity contribution in [3.05, 3.63) is 52.0 Å². The molecule has 1 aromatic carbocycles. The Hall–Kier alpha value is -2.21. The maximum atomic E-state index is 12.8. The van der Waals surface area contributed by atoms with Crippen molar-refractivity contribution < 1.29 is 9.59 Å². The molecule has 25 heavy (non-hydrogen) atoms. The standard InChI is InChI=1S/C19H23N3O2S/c1-5-18(2,3)14-8-6-13(7-9-14)12-22-16(23)19(4,21-17(22)24)15-20-10-11-25-15/h6-11H,5,12H2,1-4H3,(H,21,24). The third-order valence-electron chi connectivity index (χ3n) is 5.09. The highest BCUT2D eigenvalue weighted by Gasteiger charge is 2.50. The predicted octanol–water partition coefficient (Wildman–Crippen LogP) is 3.80. The second kappa shape index (κ2) is 6.26. The number of imide groups is 1. The monoisotopic (exact) mass is 357 g/mol. The number of carbonyl (C=O) groups is 2. The summed E-state index contributed by atoms with van der Waals surface area (Å²) in [5, 5.41) is 5.19. The number of carbonyl (C=O) groups excluding carboxylic acids is 2. The molecule has 0 aliphatic carbocycles. The minimum Gasteiger partial charge on any atom is -0.317 e. The Morgan fingerprint density at radius 2 is 1.92 bits per heavy atom. The van der Waals surface area contributed by atoms with Crippen LogP contribution in [0.1, 0.15) is 50.3 Å². The van der Waals surface area contributed by atoms with E-state index in [1.54, 1.807) is 18.5 Å². The van der Waals surface area contributed by atoms with Gasteiger partial charge in [-0.1, -0.05) is 45.0 Å². The second-order valence-corrected chi connectivity index (χ2v) is 8.11. The Labute approximate surface area is 152 Å². The average Bonchev–Trinajstić information content (AvgIpc) is 3.20. The number of urea groups is 1. The number of hydrogen-bond acceptors (Lipinski definition) is 4. The fraction of sp³-hybridized carbons (Fsp3) is 0.421. The molecule has 0 radical (unpaired) electrons. The Kier molecular flexibility index (Phi) is 4.41. The van der Waals surface area contributed by atoms with Crippen LogP contribution in [0, 0.1) is 0 Å². The highest BCUT2D eigenvalue weighted by Crippen LogP contribution is 2.31. The Balaban J connectivity index is 1.79. The number of aromatic nitrogens is 1. The van der Waals surface area contributed by atoms with Gasteiger partial charge in [0, 0.05) is 11.6 Å². The minimum atomic E-state index is -1.07. The van der Waals surface area contributed by atoms with Crippen molar-refractivity contribution in [1.29, 1.82) is 0 Å². The first-order chi connectivity index (χ1) is 11.8. The van der Waals surface area contributed by atoms with Gasteiger partial charge in [0.2, 0.25) is 0 Å². The molecule has 1 fully saturated rings. The van der Waals surface area contributed by atoms with E-state index >= 15 is 0 Å². The quantitative estimate of drug-likeness (QED) is 0.828. The molecule has 5 nitrogen and oxygen atoms in total. The van der Waals surface area contributed by atoms with Crippen LogP contribution in [0.3, 0.4) is 0 Å². The largest absolute Gasteiger partial charge is 0.325 e. The van der Waals surface area contributed by atoms with Crippen LogP contribution in [-0.2, 0) is 22.3 Å². The van der Waals surface area contributed by atoms with Crippen LogP contribution >= 0.6 is 11.3 Å².